The maximum absolute atomic E-state index is 11.5. The summed E-state index contributed by atoms with van der Waals surface area (Å²) in [5.41, 5.74) is 0.758. The Morgan fingerprint density at radius 3 is 2.57 bits per heavy atom. The molecule has 0 radical (unpaired) electrons. The SMILES string of the molecule is CNC(=O)c1ccccc1SC(C)C. The Kier molecular flexibility index (Phi) is 4.01. The maximum Gasteiger partial charge on any atom is 0.252 e. The number of amides is 1. The summed E-state index contributed by atoms with van der Waals surface area (Å²) in [6, 6.07) is 7.67. The van der Waals surface area contributed by atoms with Crippen LogP contribution < -0.4 is 5.32 Å². The summed E-state index contributed by atoms with van der Waals surface area (Å²) in [5.74, 6) is -0.0197. The van der Waals surface area contributed by atoms with Crippen molar-refractivity contribution < 1.29 is 4.79 Å². The number of nitrogens with one attached hydrogen (secondary N) is 1. The van der Waals surface area contributed by atoms with Gasteiger partial charge in [-0.05, 0) is 12.1 Å². The Balaban J connectivity index is 2.97. The molecule has 1 N–H and O–H groups in total. The molecule has 76 valence electrons. The molecule has 1 amide bonds. The molecule has 0 atom stereocenters. The molecular weight excluding hydrogens is 194 g/mol. The Hall–Kier alpha value is -0.960. The van der Waals surface area contributed by atoms with Crippen molar-refractivity contribution in [2.24, 2.45) is 0 Å². The van der Waals surface area contributed by atoms with Crippen LogP contribution in [0, 0.1) is 0 Å². The fourth-order valence-electron chi connectivity index (χ4n) is 1.15. The van der Waals surface area contributed by atoms with E-state index in [0.29, 0.717) is 5.25 Å². The van der Waals surface area contributed by atoms with E-state index < -0.39 is 0 Å². The van der Waals surface area contributed by atoms with E-state index >= 15 is 0 Å². The van der Waals surface area contributed by atoms with Crippen molar-refractivity contribution in [1.29, 1.82) is 0 Å². The Labute approximate surface area is 89.1 Å². The molecule has 0 aliphatic carbocycles. The molecule has 14 heavy (non-hydrogen) atoms. The maximum atomic E-state index is 11.5. The van der Waals surface area contributed by atoms with Crippen LogP contribution in [-0.2, 0) is 0 Å². The van der Waals surface area contributed by atoms with Crippen LogP contribution in [0.1, 0.15) is 24.2 Å². The van der Waals surface area contributed by atoms with E-state index in [1.54, 1.807) is 18.8 Å². The van der Waals surface area contributed by atoms with Gasteiger partial charge in [-0.2, -0.15) is 0 Å². The zero-order valence-corrected chi connectivity index (χ0v) is 9.52. The molecule has 2 nitrogen and oxygen atoms in total. The monoisotopic (exact) mass is 209 g/mol. The first-order valence-corrected chi connectivity index (χ1v) is 5.51. The fraction of sp³-hybridized carbons (Fsp3) is 0.364. The number of hydrogen-bond acceptors (Lipinski definition) is 2. The average Bonchev–Trinajstić information content (AvgIpc) is 2.16. The van der Waals surface area contributed by atoms with E-state index in [0.717, 1.165) is 10.5 Å². The predicted octanol–water partition coefficient (Wildman–Crippen LogP) is 2.55. The highest BCUT2D eigenvalue weighted by Crippen LogP contribution is 2.26. The molecule has 1 aromatic rings. The molecule has 3 heteroatoms. The zero-order chi connectivity index (χ0) is 10.6. The molecule has 0 bridgehead atoms. The molecule has 0 saturated carbocycles. The number of thioether (sulfide) groups is 1. The van der Waals surface area contributed by atoms with Crippen molar-refractivity contribution in [1.82, 2.24) is 5.32 Å². The minimum atomic E-state index is -0.0197. The van der Waals surface area contributed by atoms with Crippen LogP contribution in [-0.4, -0.2) is 18.2 Å². The lowest BCUT2D eigenvalue weighted by atomic mass is 10.2. The summed E-state index contributed by atoms with van der Waals surface area (Å²) in [4.78, 5) is 12.5. The van der Waals surface area contributed by atoms with Crippen LogP contribution in [0.2, 0.25) is 0 Å². The van der Waals surface area contributed by atoms with Gasteiger partial charge in [0.2, 0.25) is 0 Å². The van der Waals surface area contributed by atoms with Crippen molar-refractivity contribution >= 4 is 17.7 Å². The number of benzene rings is 1. The van der Waals surface area contributed by atoms with Crippen LogP contribution in [0.4, 0.5) is 0 Å². The van der Waals surface area contributed by atoms with Crippen molar-refractivity contribution in [2.45, 2.75) is 24.0 Å². The molecule has 1 aromatic carbocycles. The van der Waals surface area contributed by atoms with Crippen molar-refractivity contribution in [3.05, 3.63) is 29.8 Å². The number of carbonyl (C=O) groups is 1. The highest BCUT2D eigenvalue weighted by molar-refractivity contribution is 8.00. The van der Waals surface area contributed by atoms with Crippen molar-refractivity contribution in [3.8, 4) is 0 Å². The molecule has 1 rings (SSSR count). The van der Waals surface area contributed by atoms with Gasteiger partial charge in [0.05, 0.1) is 5.56 Å². The van der Waals surface area contributed by atoms with Gasteiger partial charge in [-0.1, -0.05) is 26.0 Å². The second-order valence-corrected chi connectivity index (χ2v) is 4.86. The lowest BCUT2D eigenvalue weighted by Gasteiger charge is -2.09. The predicted molar refractivity (Wildman–Crippen MR) is 60.8 cm³/mol. The summed E-state index contributed by atoms with van der Waals surface area (Å²) in [7, 11) is 1.65. The first kappa shape index (κ1) is 11.1. The smallest absolute Gasteiger partial charge is 0.252 e. The van der Waals surface area contributed by atoms with Gasteiger partial charge in [-0.15, -0.1) is 11.8 Å². The molecule has 0 unspecified atom stereocenters. The third-order valence-corrected chi connectivity index (χ3v) is 2.80. The molecule has 0 aliphatic rings. The Morgan fingerprint density at radius 2 is 2.00 bits per heavy atom. The lowest BCUT2D eigenvalue weighted by Crippen LogP contribution is -2.18. The van der Waals surface area contributed by atoms with Gasteiger partial charge in [0.1, 0.15) is 0 Å². The molecule has 0 aliphatic heterocycles. The fourth-order valence-corrected chi connectivity index (χ4v) is 2.10. The highest BCUT2D eigenvalue weighted by atomic mass is 32.2. The van der Waals surface area contributed by atoms with E-state index in [9.17, 15) is 4.79 Å². The van der Waals surface area contributed by atoms with Gasteiger partial charge in [-0.25, -0.2) is 0 Å². The summed E-state index contributed by atoms with van der Waals surface area (Å²) < 4.78 is 0. The Bertz CT molecular complexity index is 323. The number of rotatable bonds is 3. The lowest BCUT2D eigenvalue weighted by molar-refractivity contribution is 0.0960. The van der Waals surface area contributed by atoms with Gasteiger partial charge >= 0.3 is 0 Å². The highest BCUT2D eigenvalue weighted by Gasteiger charge is 2.10. The molecule has 0 fully saturated rings. The number of carbonyl (C=O) groups excluding carboxylic acids is 1. The second-order valence-electron chi connectivity index (χ2n) is 3.24. The average molecular weight is 209 g/mol. The van der Waals surface area contributed by atoms with Crippen LogP contribution in [0.5, 0.6) is 0 Å². The van der Waals surface area contributed by atoms with E-state index in [1.807, 2.05) is 24.3 Å². The topological polar surface area (TPSA) is 29.1 Å². The molecule has 0 heterocycles. The molecule has 0 aromatic heterocycles. The summed E-state index contributed by atoms with van der Waals surface area (Å²) in [5, 5.41) is 3.13. The van der Waals surface area contributed by atoms with E-state index in [-0.39, 0.29) is 5.91 Å². The van der Waals surface area contributed by atoms with Crippen LogP contribution >= 0.6 is 11.8 Å². The van der Waals surface area contributed by atoms with E-state index in [2.05, 4.69) is 19.2 Å². The summed E-state index contributed by atoms with van der Waals surface area (Å²) in [6.45, 7) is 4.23. The van der Waals surface area contributed by atoms with Gasteiger partial charge < -0.3 is 5.32 Å². The quantitative estimate of drug-likeness (QED) is 0.775. The van der Waals surface area contributed by atoms with E-state index in [1.165, 1.54) is 0 Å². The first-order chi connectivity index (χ1) is 6.65. The third kappa shape index (κ3) is 2.77. The van der Waals surface area contributed by atoms with Crippen molar-refractivity contribution in [3.63, 3.8) is 0 Å². The van der Waals surface area contributed by atoms with Gasteiger partial charge in [0, 0.05) is 17.2 Å². The Morgan fingerprint density at radius 1 is 1.36 bits per heavy atom. The molecule has 0 spiro atoms. The normalized spacial score (nSPS) is 10.3. The molecule has 0 saturated heterocycles. The largest absolute Gasteiger partial charge is 0.355 e. The van der Waals surface area contributed by atoms with Crippen molar-refractivity contribution in [2.75, 3.05) is 7.05 Å². The van der Waals surface area contributed by atoms with Gasteiger partial charge in [0.15, 0.2) is 0 Å². The van der Waals surface area contributed by atoms with Crippen LogP contribution in [0.3, 0.4) is 0 Å². The summed E-state index contributed by atoms with van der Waals surface area (Å²) in [6.07, 6.45) is 0. The second kappa shape index (κ2) is 5.05. The molecular formula is C11H15NOS. The van der Waals surface area contributed by atoms with Crippen LogP contribution in [0.15, 0.2) is 29.2 Å². The van der Waals surface area contributed by atoms with Crippen LogP contribution in [0.25, 0.3) is 0 Å². The van der Waals surface area contributed by atoms with Gasteiger partial charge in [0.25, 0.3) is 5.91 Å². The third-order valence-electron chi connectivity index (χ3n) is 1.72. The van der Waals surface area contributed by atoms with E-state index in [4.69, 9.17) is 0 Å². The standard InChI is InChI=1S/C11H15NOS/c1-8(2)14-10-7-5-4-6-9(10)11(13)12-3/h4-8H,1-3H3,(H,12,13). The van der Waals surface area contributed by atoms with Gasteiger partial charge in [-0.3, -0.25) is 4.79 Å². The number of hydrogen-bond donors (Lipinski definition) is 1. The summed E-state index contributed by atoms with van der Waals surface area (Å²) >= 11 is 1.71. The zero-order valence-electron chi connectivity index (χ0n) is 8.70. The minimum Gasteiger partial charge on any atom is -0.355 e. The first-order valence-electron chi connectivity index (χ1n) is 4.63. The minimum absolute atomic E-state index is 0.0197.